The van der Waals surface area contributed by atoms with Crippen LogP contribution >= 0.6 is 0 Å². The zero-order valence-corrected chi connectivity index (χ0v) is 16.0. The highest BCUT2D eigenvalue weighted by molar-refractivity contribution is 7.91. The van der Waals surface area contributed by atoms with E-state index in [2.05, 4.69) is 0 Å². The predicted octanol–water partition coefficient (Wildman–Crippen LogP) is 3.44. The van der Waals surface area contributed by atoms with Gasteiger partial charge in [0.25, 0.3) is 5.69 Å². The van der Waals surface area contributed by atoms with Crippen LogP contribution in [0.15, 0.2) is 40.1 Å². The van der Waals surface area contributed by atoms with Crippen LogP contribution < -0.4 is 0 Å². The maximum Gasteiger partial charge on any atom is 0.339 e. The average molecular weight is 393 g/mol. The molecule has 2 aromatic rings. The first kappa shape index (κ1) is 20.4. The van der Waals surface area contributed by atoms with Crippen LogP contribution in [0.4, 0.5) is 5.69 Å². The molecule has 0 spiro atoms. The molecule has 0 unspecified atom stereocenters. The molecular formula is C18H19NO7S. The van der Waals surface area contributed by atoms with E-state index in [1.807, 2.05) is 0 Å². The van der Waals surface area contributed by atoms with Gasteiger partial charge in [0.15, 0.2) is 0 Å². The number of carboxylic acid groups (broad SMARTS) is 1. The van der Waals surface area contributed by atoms with Crippen LogP contribution in [0.1, 0.15) is 42.3 Å². The van der Waals surface area contributed by atoms with Gasteiger partial charge in [-0.25, -0.2) is 13.2 Å². The second-order valence-electron chi connectivity index (χ2n) is 7.08. The fourth-order valence-electron chi connectivity index (χ4n) is 2.73. The van der Waals surface area contributed by atoms with E-state index in [9.17, 15) is 33.5 Å². The summed E-state index contributed by atoms with van der Waals surface area (Å²) in [7, 11) is -4.16. The van der Waals surface area contributed by atoms with Gasteiger partial charge in [-0.05, 0) is 36.1 Å². The molecule has 0 aromatic heterocycles. The molecule has 0 radical (unpaired) electrons. The van der Waals surface area contributed by atoms with E-state index in [1.54, 1.807) is 20.8 Å². The van der Waals surface area contributed by atoms with E-state index in [1.165, 1.54) is 13.0 Å². The first-order valence-corrected chi connectivity index (χ1v) is 9.36. The summed E-state index contributed by atoms with van der Waals surface area (Å²) < 4.78 is 26.1. The quantitative estimate of drug-likeness (QED) is 0.600. The number of aromatic hydroxyl groups is 1. The number of hydrogen-bond acceptors (Lipinski definition) is 6. The topological polar surface area (TPSA) is 135 Å². The van der Waals surface area contributed by atoms with E-state index >= 15 is 0 Å². The second-order valence-corrected chi connectivity index (χ2v) is 9.00. The molecule has 2 aromatic carbocycles. The normalized spacial score (nSPS) is 12.0. The number of carboxylic acids is 1. The van der Waals surface area contributed by atoms with Crippen molar-refractivity contribution in [1.29, 1.82) is 0 Å². The van der Waals surface area contributed by atoms with Gasteiger partial charge in [-0.2, -0.15) is 0 Å². The molecule has 0 heterocycles. The summed E-state index contributed by atoms with van der Waals surface area (Å²) in [6, 6.07) is 5.57. The lowest BCUT2D eigenvalue weighted by Gasteiger charge is -2.24. The Hall–Kier alpha value is -2.94. The van der Waals surface area contributed by atoms with Gasteiger partial charge in [0, 0.05) is 17.7 Å². The van der Waals surface area contributed by atoms with Gasteiger partial charge < -0.3 is 10.2 Å². The molecule has 2 rings (SSSR count). The highest BCUT2D eigenvalue weighted by Gasteiger charge is 2.31. The van der Waals surface area contributed by atoms with Crippen molar-refractivity contribution in [3.63, 3.8) is 0 Å². The first-order valence-electron chi connectivity index (χ1n) is 7.88. The Kier molecular flexibility index (Phi) is 5.02. The van der Waals surface area contributed by atoms with Crippen LogP contribution in [0.2, 0.25) is 0 Å². The van der Waals surface area contributed by atoms with Crippen LogP contribution in [0.3, 0.4) is 0 Å². The Morgan fingerprint density at radius 1 is 1.15 bits per heavy atom. The molecule has 0 saturated heterocycles. The lowest BCUT2D eigenvalue weighted by atomic mass is 9.84. The number of nitro benzene ring substituents is 1. The Morgan fingerprint density at radius 3 is 2.07 bits per heavy atom. The molecule has 0 aliphatic heterocycles. The first-order chi connectivity index (χ1) is 12.3. The number of phenols is 1. The van der Waals surface area contributed by atoms with E-state index in [-0.39, 0.29) is 26.6 Å². The maximum absolute atomic E-state index is 13.1. The zero-order valence-electron chi connectivity index (χ0n) is 15.2. The van der Waals surface area contributed by atoms with Crippen LogP contribution in [0.5, 0.6) is 5.75 Å². The molecule has 8 nitrogen and oxygen atoms in total. The Labute approximate surface area is 156 Å². The van der Waals surface area contributed by atoms with Crippen molar-refractivity contribution in [2.75, 3.05) is 0 Å². The third-order valence-electron chi connectivity index (χ3n) is 4.18. The van der Waals surface area contributed by atoms with Crippen molar-refractivity contribution in [3.05, 3.63) is 57.1 Å². The smallest absolute Gasteiger partial charge is 0.339 e. The van der Waals surface area contributed by atoms with Crippen molar-refractivity contribution in [2.24, 2.45) is 0 Å². The summed E-state index contributed by atoms with van der Waals surface area (Å²) >= 11 is 0. The fraction of sp³-hybridized carbons (Fsp3) is 0.278. The fourth-order valence-corrected chi connectivity index (χ4v) is 4.26. The highest BCUT2D eigenvalue weighted by atomic mass is 32.2. The average Bonchev–Trinajstić information content (AvgIpc) is 2.53. The van der Waals surface area contributed by atoms with Gasteiger partial charge in [0.1, 0.15) is 11.3 Å². The number of sulfone groups is 1. The number of rotatable bonds is 4. The third kappa shape index (κ3) is 3.63. The molecule has 2 N–H and O–H groups in total. The number of benzene rings is 2. The largest absolute Gasteiger partial charge is 0.507 e. The maximum atomic E-state index is 13.1. The third-order valence-corrected chi connectivity index (χ3v) is 6.08. The molecule has 144 valence electrons. The molecule has 0 aliphatic carbocycles. The summed E-state index contributed by atoms with van der Waals surface area (Å²) in [6.45, 7) is 6.44. The Balaban J connectivity index is 2.82. The van der Waals surface area contributed by atoms with Gasteiger partial charge >= 0.3 is 5.97 Å². The number of carbonyl (C=O) groups is 1. The lowest BCUT2D eigenvalue weighted by Crippen LogP contribution is -2.17. The zero-order chi connectivity index (χ0) is 20.7. The standard InChI is InChI=1S/C18H19NO7S/c1-10-14(9-13(18(2,3)4)16(20)15(10)17(21)22)27(25,26)12-7-5-11(6-8-12)19(23)24/h5-9,20H,1-4H3,(H,21,22). The molecule has 9 heteroatoms. The summed E-state index contributed by atoms with van der Waals surface area (Å²) in [6.07, 6.45) is 0. The van der Waals surface area contributed by atoms with Crippen molar-refractivity contribution in [1.82, 2.24) is 0 Å². The predicted molar refractivity (Wildman–Crippen MR) is 97.1 cm³/mol. The lowest BCUT2D eigenvalue weighted by molar-refractivity contribution is -0.384. The Morgan fingerprint density at radius 2 is 1.67 bits per heavy atom. The van der Waals surface area contributed by atoms with Gasteiger partial charge in [-0.3, -0.25) is 10.1 Å². The van der Waals surface area contributed by atoms with Crippen molar-refractivity contribution >= 4 is 21.5 Å². The van der Waals surface area contributed by atoms with E-state index < -0.39 is 37.5 Å². The van der Waals surface area contributed by atoms with Crippen LogP contribution in [-0.4, -0.2) is 29.5 Å². The minimum absolute atomic E-state index is 0.105. The minimum Gasteiger partial charge on any atom is -0.507 e. The number of nitrogens with zero attached hydrogens (tertiary/aromatic N) is 1. The summed E-state index contributed by atoms with van der Waals surface area (Å²) in [5.41, 5.74) is -1.40. The van der Waals surface area contributed by atoms with Gasteiger partial charge in [-0.15, -0.1) is 0 Å². The molecular weight excluding hydrogens is 374 g/mol. The number of nitro groups is 1. The van der Waals surface area contributed by atoms with Crippen molar-refractivity contribution in [2.45, 2.75) is 42.9 Å². The van der Waals surface area contributed by atoms with Crippen molar-refractivity contribution in [3.8, 4) is 5.75 Å². The summed E-state index contributed by atoms with van der Waals surface area (Å²) in [4.78, 5) is 21.3. The van der Waals surface area contributed by atoms with Crippen LogP contribution in [-0.2, 0) is 15.3 Å². The second kappa shape index (κ2) is 6.66. The van der Waals surface area contributed by atoms with E-state index in [0.717, 1.165) is 24.3 Å². The highest BCUT2D eigenvalue weighted by Crippen LogP contribution is 2.39. The molecule has 0 bridgehead atoms. The van der Waals surface area contributed by atoms with E-state index in [4.69, 9.17) is 0 Å². The van der Waals surface area contributed by atoms with Gasteiger partial charge in [-0.1, -0.05) is 20.8 Å². The van der Waals surface area contributed by atoms with E-state index in [0.29, 0.717) is 0 Å². The molecule has 0 aliphatic rings. The molecule has 0 amide bonds. The molecule has 0 fully saturated rings. The molecule has 0 saturated carbocycles. The number of non-ortho nitro benzene ring substituents is 1. The summed E-state index contributed by atoms with van der Waals surface area (Å²) in [5.74, 6) is -1.92. The van der Waals surface area contributed by atoms with Crippen LogP contribution in [0, 0.1) is 17.0 Å². The molecule has 27 heavy (non-hydrogen) atoms. The summed E-state index contributed by atoms with van der Waals surface area (Å²) in [5, 5.41) is 30.6. The molecule has 0 atom stereocenters. The number of aromatic carboxylic acids is 1. The SMILES string of the molecule is Cc1c(S(=O)(=O)c2ccc([N+](=O)[O-])cc2)cc(C(C)(C)C)c(O)c1C(=O)O. The minimum atomic E-state index is -4.16. The Bertz CT molecular complexity index is 1030. The van der Waals surface area contributed by atoms with Crippen LogP contribution in [0.25, 0.3) is 0 Å². The monoisotopic (exact) mass is 393 g/mol. The van der Waals surface area contributed by atoms with Crippen molar-refractivity contribution < 1.29 is 28.3 Å². The number of hydrogen-bond donors (Lipinski definition) is 2. The van der Waals surface area contributed by atoms with Gasteiger partial charge in [0.05, 0.1) is 14.7 Å². The van der Waals surface area contributed by atoms with Gasteiger partial charge in [0.2, 0.25) is 9.84 Å².